The molecule has 0 radical (unpaired) electrons. The fourth-order valence-electron chi connectivity index (χ4n) is 4.60. The Morgan fingerprint density at radius 3 is 2.32 bits per heavy atom. The zero-order valence-corrected chi connectivity index (χ0v) is 22.3. The Kier molecular flexibility index (Phi) is 8.79. The average Bonchev–Trinajstić information content (AvgIpc) is 3.21. The predicted molar refractivity (Wildman–Crippen MR) is 149 cm³/mol. The molecule has 38 heavy (non-hydrogen) atoms. The van der Waals surface area contributed by atoms with Gasteiger partial charge in [0.2, 0.25) is 0 Å². The molecule has 0 aliphatic heterocycles. The second-order valence-electron chi connectivity index (χ2n) is 9.47. The average molecular weight is 514 g/mol. The van der Waals surface area contributed by atoms with E-state index in [1.165, 1.54) is 10.2 Å². The highest BCUT2D eigenvalue weighted by atomic mass is 16.5. The van der Waals surface area contributed by atoms with Gasteiger partial charge in [0.1, 0.15) is 11.6 Å². The highest BCUT2D eigenvalue weighted by Crippen LogP contribution is 2.28. The number of aryl methyl sites for hydroxylation is 3. The van der Waals surface area contributed by atoms with Gasteiger partial charge in [-0.1, -0.05) is 55.0 Å². The van der Waals surface area contributed by atoms with Crippen molar-refractivity contribution in [3.8, 4) is 22.6 Å². The lowest BCUT2D eigenvalue weighted by Gasteiger charge is -2.11. The fraction of sp³-hybridized carbons (Fsp3) is 0.323. The number of nitrogens with zero attached hydrogens (tertiary/aromatic N) is 3. The van der Waals surface area contributed by atoms with Crippen LogP contribution in [0.2, 0.25) is 0 Å². The molecule has 0 bridgehead atoms. The van der Waals surface area contributed by atoms with E-state index < -0.39 is 5.97 Å². The maximum absolute atomic E-state index is 13.0. The summed E-state index contributed by atoms with van der Waals surface area (Å²) in [6, 6.07) is 21.9. The number of rotatable bonds is 12. The van der Waals surface area contributed by atoms with Crippen LogP contribution < -0.4 is 10.4 Å². The molecule has 0 aliphatic carbocycles. The predicted octanol–water partition coefficient (Wildman–Crippen LogP) is 5.62. The van der Waals surface area contributed by atoms with Gasteiger partial charge in [-0.05, 0) is 74.1 Å². The maximum atomic E-state index is 13.0. The van der Waals surface area contributed by atoms with Crippen molar-refractivity contribution in [2.45, 2.75) is 59.4 Å². The number of carbonyl (C=O) groups is 1. The van der Waals surface area contributed by atoms with Gasteiger partial charge in [-0.25, -0.2) is 4.79 Å². The summed E-state index contributed by atoms with van der Waals surface area (Å²) in [5.74, 6) is 0.544. The zero-order chi connectivity index (χ0) is 27.1. The number of benzene rings is 3. The molecule has 0 saturated carbocycles. The van der Waals surface area contributed by atoms with E-state index in [1.54, 1.807) is 4.57 Å². The highest BCUT2D eigenvalue weighted by molar-refractivity contribution is 5.74. The summed E-state index contributed by atoms with van der Waals surface area (Å²) in [6.45, 7) is 7.11. The minimum Gasteiger partial charge on any atom is -0.494 e. The SMILES string of the molecule is CCCn1c(CCCc2ccc(-c3ccc(OCC)c(CC(=O)O)c3)cc2)nn(-c2ccc(C)cc2)c1=O. The third kappa shape index (κ3) is 6.40. The number of ether oxygens (including phenoxy) is 1. The first-order valence-electron chi connectivity index (χ1n) is 13.2. The van der Waals surface area contributed by atoms with Gasteiger partial charge in [0.15, 0.2) is 0 Å². The lowest BCUT2D eigenvalue weighted by molar-refractivity contribution is -0.136. The normalized spacial score (nSPS) is 11.0. The zero-order valence-electron chi connectivity index (χ0n) is 22.3. The largest absolute Gasteiger partial charge is 0.494 e. The topological polar surface area (TPSA) is 86.3 Å². The summed E-state index contributed by atoms with van der Waals surface area (Å²) in [6.07, 6.45) is 3.25. The Hall–Kier alpha value is -4.13. The molecule has 0 spiro atoms. The van der Waals surface area contributed by atoms with Crippen molar-refractivity contribution in [1.82, 2.24) is 14.3 Å². The summed E-state index contributed by atoms with van der Waals surface area (Å²) < 4.78 is 8.90. The van der Waals surface area contributed by atoms with Crippen LogP contribution in [-0.2, 0) is 30.6 Å². The van der Waals surface area contributed by atoms with Gasteiger partial charge >= 0.3 is 11.7 Å². The molecule has 0 atom stereocenters. The van der Waals surface area contributed by atoms with Crippen molar-refractivity contribution in [2.24, 2.45) is 0 Å². The molecular formula is C31H35N3O4. The van der Waals surface area contributed by atoms with E-state index in [-0.39, 0.29) is 12.1 Å². The molecule has 0 amide bonds. The van der Waals surface area contributed by atoms with Crippen LogP contribution in [0.25, 0.3) is 16.8 Å². The highest BCUT2D eigenvalue weighted by Gasteiger charge is 2.14. The standard InChI is InChI=1S/C31H35N3O4/c1-4-19-33-29(32-34(31(33)37)27-16-9-22(3)10-17-27)8-6-7-23-11-13-24(14-12-23)25-15-18-28(38-5-2)26(20-25)21-30(35)36/h9-18,20H,4-8,19,21H2,1-3H3,(H,35,36). The molecular weight excluding hydrogens is 478 g/mol. The van der Waals surface area contributed by atoms with Crippen LogP contribution in [0.15, 0.2) is 71.5 Å². The Bertz CT molecular complexity index is 1430. The van der Waals surface area contributed by atoms with Gasteiger partial charge < -0.3 is 9.84 Å². The number of carboxylic acid groups (broad SMARTS) is 1. The first kappa shape index (κ1) is 26.9. The smallest absolute Gasteiger partial charge is 0.350 e. The number of carboxylic acids is 1. The monoisotopic (exact) mass is 513 g/mol. The molecule has 1 heterocycles. The first-order valence-corrected chi connectivity index (χ1v) is 13.2. The van der Waals surface area contributed by atoms with Crippen molar-refractivity contribution in [3.05, 3.63) is 99.7 Å². The Morgan fingerprint density at radius 1 is 0.947 bits per heavy atom. The lowest BCUT2D eigenvalue weighted by Crippen LogP contribution is -2.24. The van der Waals surface area contributed by atoms with Crippen molar-refractivity contribution in [3.63, 3.8) is 0 Å². The van der Waals surface area contributed by atoms with Gasteiger partial charge in [0.25, 0.3) is 0 Å². The van der Waals surface area contributed by atoms with Gasteiger partial charge in [-0.15, -0.1) is 5.10 Å². The van der Waals surface area contributed by atoms with Crippen molar-refractivity contribution < 1.29 is 14.6 Å². The van der Waals surface area contributed by atoms with Gasteiger partial charge in [0.05, 0.1) is 18.7 Å². The van der Waals surface area contributed by atoms with Gasteiger partial charge in [0, 0.05) is 18.5 Å². The second kappa shape index (κ2) is 12.4. The quantitative estimate of drug-likeness (QED) is 0.266. The Labute approximate surface area is 223 Å². The molecule has 0 unspecified atom stereocenters. The van der Waals surface area contributed by atoms with Crippen molar-refractivity contribution in [2.75, 3.05) is 6.61 Å². The van der Waals surface area contributed by atoms with E-state index in [1.807, 2.05) is 56.3 Å². The number of aliphatic carboxylic acids is 1. The summed E-state index contributed by atoms with van der Waals surface area (Å²) >= 11 is 0. The molecule has 198 valence electrons. The van der Waals surface area contributed by atoms with Crippen LogP contribution in [-0.4, -0.2) is 32.0 Å². The number of hydrogen-bond acceptors (Lipinski definition) is 4. The Balaban J connectivity index is 1.45. The second-order valence-corrected chi connectivity index (χ2v) is 9.47. The Morgan fingerprint density at radius 2 is 1.66 bits per heavy atom. The van der Waals surface area contributed by atoms with Crippen LogP contribution >= 0.6 is 0 Å². The maximum Gasteiger partial charge on any atom is 0.350 e. The van der Waals surface area contributed by atoms with Gasteiger partial charge in [-0.2, -0.15) is 4.68 Å². The van der Waals surface area contributed by atoms with Crippen LogP contribution in [0.1, 0.15) is 49.2 Å². The minimum absolute atomic E-state index is 0.0793. The summed E-state index contributed by atoms with van der Waals surface area (Å²) in [5, 5.41) is 14.0. The summed E-state index contributed by atoms with van der Waals surface area (Å²) in [4.78, 5) is 24.3. The van der Waals surface area contributed by atoms with E-state index in [0.717, 1.165) is 47.5 Å². The third-order valence-corrected chi connectivity index (χ3v) is 6.52. The molecule has 7 nitrogen and oxygen atoms in total. The van der Waals surface area contributed by atoms with Crippen LogP contribution in [0.5, 0.6) is 5.75 Å². The van der Waals surface area contributed by atoms with Crippen molar-refractivity contribution in [1.29, 1.82) is 0 Å². The third-order valence-electron chi connectivity index (χ3n) is 6.52. The molecule has 0 fully saturated rings. The van der Waals surface area contributed by atoms with E-state index in [2.05, 4.69) is 36.3 Å². The molecule has 4 aromatic rings. The molecule has 1 N–H and O–H groups in total. The van der Waals surface area contributed by atoms with Gasteiger partial charge in [-0.3, -0.25) is 9.36 Å². The van der Waals surface area contributed by atoms with Crippen LogP contribution in [0, 0.1) is 6.92 Å². The minimum atomic E-state index is -0.883. The molecule has 0 saturated heterocycles. The molecule has 4 rings (SSSR count). The van der Waals surface area contributed by atoms with E-state index in [4.69, 9.17) is 4.74 Å². The van der Waals surface area contributed by atoms with Crippen LogP contribution in [0.4, 0.5) is 0 Å². The summed E-state index contributed by atoms with van der Waals surface area (Å²) in [7, 11) is 0. The molecule has 7 heteroatoms. The van der Waals surface area contributed by atoms with Crippen LogP contribution in [0.3, 0.4) is 0 Å². The van der Waals surface area contributed by atoms with E-state index >= 15 is 0 Å². The molecule has 1 aromatic heterocycles. The van der Waals surface area contributed by atoms with E-state index in [9.17, 15) is 14.7 Å². The number of aromatic nitrogens is 3. The fourth-order valence-corrected chi connectivity index (χ4v) is 4.60. The molecule has 3 aromatic carbocycles. The van der Waals surface area contributed by atoms with Crippen molar-refractivity contribution >= 4 is 5.97 Å². The summed E-state index contributed by atoms with van der Waals surface area (Å²) in [5.41, 5.74) is 5.69. The van der Waals surface area contributed by atoms with E-state index in [0.29, 0.717) is 30.9 Å². The number of hydrogen-bond donors (Lipinski definition) is 1. The lowest BCUT2D eigenvalue weighted by atomic mass is 9.98. The first-order chi connectivity index (χ1) is 18.4. The molecule has 0 aliphatic rings.